The van der Waals surface area contributed by atoms with E-state index in [1.54, 1.807) is 0 Å². The lowest BCUT2D eigenvalue weighted by molar-refractivity contribution is -0.141. The van der Waals surface area contributed by atoms with Crippen LogP contribution in [0.2, 0.25) is 0 Å². The van der Waals surface area contributed by atoms with Crippen LogP contribution in [-0.2, 0) is 4.79 Å². The molecule has 0 spiro atoms. The van der Waals surface area contributed by atoms with Gasteiger partial charge in [0.05, 0.1) is 17.7 Å². The first kappa shape index (κ1) is 15.8. The number of hydrogen-bond donors (Lipinski definition) is 4. The van der Waals surface area contributed by atoms with E-state index in [9.17, 15) is 23.5 Å². The fourth-order valence-electron chi connectivity index (χ4n) is 1.42. The van der Waals surface area contributed by atoms with Gasteiger partial charge in [0.2, 0.25) is 0 Å². The maximum Gasteiger partial charge on any atom is 0.319 e. The second kappa shape index (κ2) is 6.29. The molecule has 0 fully saturated rings. The summed E-state index contributed by atoms with van der Waals surface area (Å²) in [6, 6.07) is 1.66. The third-order valence-corrected chi connectivity index (χ3v) is 2.34. The van der Waals surface area contributed by atoms with Crippen molar-refractivity contribution in [2.45, 2.75) is 18.9 Å². The normalized spacial score (nSPS) is 13.4. The summed E-state index contributed by atoms with van der Waals surface area (Å²) in [4.78, 5) is 21.9. The molecule has 0 heterocycles. The van der Waals surface area contributed by atoms with Gasteiger partial charge >= 0.3 is 12.0 Å². The minimum absolute atomic E-state index is 0.359. The second-order valence-corrected chi connectivity index (χ2v) is 4.50. The Morgan fingerprint density at radius 3 is 2.60 bits per heavy atom. The van der Waals surface area contributed by atoms with Crippen LogP contribution in [0.5, 0.6) is 0 Å². The number of aliphatic carboxylic acids is 1. The molecule has 1 aromatic carbocycles. The first-order valence-corrected chi connectivity index (χ1v) is 5.64. The quantitative estimate of drug-likeness (QED) is 0.656. The molecule has 0 bridgehead atoms. The molecule has 1 unspecified atom stereocenters. The number of urea groups is 1. The molecule has 8 heteroatoms. The minimum atomic E-state index is -1.65. The zero-order chi connectivity index (χ0) is 15.3. The number of amides is 2. The number of carbonyl (C=O) groups is 2. The zero-order valence-electron chi connectivity index (χ0n) is 10.6. The van der Waals surface area contributed by atoms with Gasteiger partial charge < -0.3 is 20.8 Å². The Bertz CT molecular complexity index is 520. The Kier molecular flexibility index (Phi) is 4.98. The Labute approximate surface area is 113 Å². The van der Waals surface area contributed by atoms with Crippen molar-refractivity contribution in [3.63, 3.8) is 0 Å². The molecule has 20 heavy (non-hydrogen) atoms. The number of carboxylic acid groups (broad SMARTS) is 1. The number of rotatable bonds is 5. The monoisotopic (exact) mass is 288 g/mol. The van der Waals surface area contributed by atoms with Crippen molar-refractivity contribution >= 4 is 17.7 Å². The molecule has 0 aromatic heterocycles. The molecule has 110 valence electrons. The van der Waals surface area contributed by atoms with Crippen molar-refractivity contribution in [2.75, 3.05) is 11.9 Å². The molecule has 1 rings (SSSR count). The highest BCUT2D eigenvalue weighted by molar-refractivity contribution is 5.89. The van der Waals surface area contributed by atoms with Gasteiger partial charge in [-0.25, -0.2) is 13.6 Å². The molecule has 0 saturated heterocycles. The van der Waals surface area contributed by atoms with Crippen LogP contribution in [0.3, 0.4) is 0 Å². The third kappa shape index (κ3) is 5.19. The van der Waals surface area contributed by atoms with E-state index in [0.29, 0.717) is 0 Å². The van der Waals surface area contributed by atoms with Crippen LogP contribution in [0.4, 0.5) is 19.3 Å². The summed E-state index contributed by atoms with van der Waals surface area (Å²) in [5, 5.41) is 22.4. The number of anilines is 1. The third-order valence-electron chi connectivity index (χ3n) is 2.34. The maximum atomic E-state index is 13.2. The Balaban J connectivity index is 2.56. The van der Waals surface area contributed by atoms with Crippen LogP contribution in [0, 0.1) is 11.6 Å². The van der Waals surface area contributed by atoms with Crippen LogP contribution < -0.4 is 10.6 Å². The van der Waals surface area contributed by atoms with Crippen LogP contribution in [0.25, 0.3) is 0 Å². The summed E-state index contributed by atoms with van der Waals surface area (Å²) >= 11 is 0. The van der Waals surface area contributed by atoms with Gasteiger partial charge in [0.1, 0.15) is 11.6 Å². The van der Waals surface area contributed by atoms with Crippen molar-refractivity contribution in [3.05, 3.63) is 29.8 Å². The number of carbonyl (C=O) groups excluding carboxylic acids is 1. The Hall–Kier alpha value is -2.22. The lowest BCUT2D eigenvalue weighted by Gasteiger charge is -2.21. The molecule has 0 saturated carbocycles. The molecule has 0 aliphatic rings. The van der Waals surface area contributed by atoms with E-state index < -0.39 is 35.7 Å². The lowest BCUT2D eigenvalue weighted by Crippen LogP contribution is -2.43. The summed E-state index contributed by atoms with van der Waals surface area (Å²) in [7, 11) is 0. The predicted molar refractivity (Wildman–Crippen MR) is 66.3 cm³/mol. The molecule has 0 aliphatic carbocycles. The summed E-state index contributed by atoms with van der Waals surface area (Å²) in [5.41, 5.74) is -2.01. The predicted octanol–water partition coefficient (Wildman–Crippen LogP) is 1.31. The number of aliphatic hydroxyl groups is 1. The smallest absolute Gasteiger partial charge is 0.319 e. The number of benzene rings is 1. The number of nitrogens with one attached hydrogen (secondary N) is 2. The van der Waals surface area contributed by atoms with Crippen molar-refractivity contribution in [3.8, 4) is 0 Å². The molecule has 1 aromatic rings. The average molecular weight is 288 g/mol. The van der Waals surface area contributed by atoms with Crippen LogP contribution in [0.1, 0.15) is 13.3 Å². The van der Waals surface area contributed by atoms with Crippen molar-refractivity contribution in [1.82, 2.24) is 5.32 Å². The number of hydrogen-bond acceptors (Lipinski definition) is 3. The largest absolute Gasteiger partial charge is 0.481 e. The Morgan fingerprint density at radius 2 is 2.00 bits per heavy atom. The molecule has 1 atom stereocenters. The first-order chi connectivity index (χ1) is 9.19. The highest BCUT2D eigenvalue weighted by atomic mass is 19.1. The van der Waals surface area contributed by atoms with Crippen LogP contribution in [0.15, 0.2) is 18.2 Å². The van der Waals surface area contributed by atoms with Crippen LogP contribution >= 0.6 is 0 Å². The second-order valence-electron chi connectivity index (χ2n) is 4.50. The Morgan fingerprint density at radius 1 is 1.35 bits per heavy atom. The molecule has 4 N–H and O–H groups in total. The zero-order valence-corrected chi connectivity index (χ0v) is 10.6. The molecular formula is C12H14F2N2O4. The maximum absolute atomic E-state index is 13.2. The van der Waals surface area contributed by atoms with Crippen LogP contribution in [-0.4, -0.2) is 34.4 Å². The molecule has 2 amide bonds. The summed E-state index contributed by atoms with van der Waals surface area (Å²) in [6.07, 6.45) is -0.568. The van der Waals surface area contributed by atoms with E-state index in [1.807, 2.05) is 0 Å². The summed E-state index contributed by atoms with van der Waals surface area (Å²) in [5.74, 6) is -2.77. The summed E-state index contributed by atoms with van der Waals surface area (Å²) in [6.45, 7) is 0.867. The first-order valence-electron chi connectivity index (χ1n) is 5.64. The van der Waals surface area contributed by atoms with Gasteiger partial charge in [-0.1, -0.05) is 0 Å². The SMILES string of the molecule is CC(O)(CNC(=O)Nc1cc(F)ccc1F)CC(=O)O. The van der Waals surface area contributed by atoms with Gasteiger partial charge in [0.25, 0.3) is 0 Å². The lowest BCUT2D eigenvalue weighted by atomic mass is 10.0. The van der Waals surface area contributed by atoms with Gasteiger partial charge in [-0.3, -0.25) is 4.79 Å². The number of carboxylic acids is 1. The van der Waals surface area contributed by atoms with Gasteiger partial charge in [0, 0.05) is 12.6 Å². The molecule has 0 radical (unpaired) electrons. The molecular weight excluding hydrogens is 274 g/mol. The van der Waals surface area contributed by atoms with Gasteiger partial charge in [-0.05, 0) is 19.1 Å². The van der Waals surface area contributed by atoms with E-state index in [2.05, 4.69) is 10.6 Å². The highest BCUT2D eigenvalue weighted by Gasteiger charge is 2.24. The standard InChI is InChI=1S/C12H14F2N2O4/c1-12(20,5-10(17)18)6-15-11(19)16-9-4-7(13)2-3-8(9)14/h2-4,20H,5-6H2,1H3,(H,17,18)(H2,15,16,19). The van der Waals surface area contributed by atoms with E-state index in [1.165, 1.54) is 6.92 Å². The molecule has 6 nitrogen and oxygen atoms in total. The average Bonchev–Trinajstić information content (AvgIpc) is 2.30. The van der Waals surface area contributed by atoms with Gasteiger partial charge in [-0.2, -0.15) is 0 Å². The summed E-state index contributed by atoms with van der Waals surface area (Å²) < 4.78 is 26.1. The fraction of sp³-hybridized carbons (Fsp3) is 0.333. The van der Waals surface area contributed by atoms with Crippen molar-refractivity contribution in [2.24, 2.45) is 0 Å². The molecule has 0 aliphatic heterocycles. The highest BCUT2D eigenvalue weighted by Crippen LogP contribution is 2.15. The fourth-order valence-corrected chi connectivity index (χ4v) is 1.42. The van der Waals surface area contributed by atoms with Gasteiger partial charge in [0.15, 0.2) is 0 Å². The topological polar surface area (TPSA) is 98.7 Å². The van der Waals surface area contributed by atoms with Crippen molar-refractivity contribution in [1.29, 1.82) is 0 Å². The minimum Gasteiger partial charge on any atom is -0.481 e. The van der Waals surface area contributed by atoms with E-state index in [0.717, 1.165) is 18.2 Å². The number of halogens is 2. The van der Waals surface area contributed by atoms with E-state index >= 15 is 0 Å². The van der Waals surface area contributed by atoms with Gasteiger partial charge in [-0.15, -0.1) is 0 Å². The van der Waals surface area contributed by atoms with E-state index in [-0.39, 0.29) is 12.2 Å². The van der Waals surface area contributed by atoms with E-state index in [4.69, 9.17) is 5.11 Å². The van der Waals surface area contributed by atoms with Crippen molar-refractivity contribution < 1.29 is 28.6 Å².